The van der Waals surface area contributed by atoms with Gasteiger partial charge in [-0.15, -0.1) is 0 Å². The van der Waals surface area contributed by atoms with Crippen LogP contribution < -0.4 is 10.6 Å². The van der Waals surface area contributed by atoms with E-state index in [-0.39, 0.29) is 12.1 Å². The molecule has 9 heteroatoms. The summed E-state index contributed by atoms with van der Waals surface area (Å²) in [4.78, 5) is 11.9. The van der Waals surface area contributed by atoms with E-state index in [2.05, 4.69) is 20.8 Å². The maximum Gasteiger partial charge on any atom is 0.416 e. The van der Waals surface area contributed by atoms with E-state index in [9.17, 15) is 22.4 Å². The number of benzene rings is 2. The SMILES string of the molecule is O=C(NCc1ccc(C(F)(F)F)cc1F)Nc1cccc2[nH]ncc12. The van der Waals surface area contributed by atoms with Gasteiger partial charge in [-0.3, -0.25) is 5.10 Å². The highest BCUT2D eigenvalue weighted by atomic mass is 19.4. The summed E-state index contributed by atoms with van der Waals surface area (Å²) in [7, 11) is 0. The highest BCUT2D eigenvalue weighted by molar-refractivity contribution is 6.00. The van der Waals surface area contributed by atoms with Crippen LogP contribution in [0.15, 0.2) is 42.6 Å². The van der Waals surface area contributed by atoms with Gasteiger partial charge in [0.05, 0.1) is 23.0 Å². The Morgan fingerprint density at radius 2 is 2.00 bits per heavy atom. The van der Waals surface area contributed by atoms with Gasteiger partial charge in [-0.05, 0) is 24.3 Å². The lowest BCUT2D eigenvalue weighted by Gasteiger charge is -2.11. The fourth-order valence-corrected chi connectivity index (χ4v) is 2.29. The number of aromatic amines is 1. The number of nitrogens with one attached hydrogen (secondary N) is 3. The zero-order chi connectivity index (χ0) is 18.0. The molecule has 0 aliphatic carbocycles. The Balaban J connectivity index is 1.66. The zero-order valence-electron chi connectivity index (χ0n) is 12.6. The lowest BCUT2D eigenvalue weighted by molar-refractivity contribution is -0.137. The maximum atomic E-state index is 13.7. The van der Waals surface area contributed by atoms with Crippen molar-refractivity contribution in [3.63, 3.8) is 0 Å². The summed E-state index contributed by atoms with van der Waals surface area (Å²) >= 11 is 0. The van der Waals surface area contributed by atoms with Crippen molar-refractivity contribution in [2.24, 2.45) is 0 Å². The molecule has 0 fully saturated rings. The predicted octanol–water partition coefficient (Wildman–Crippen LogP) is 4.04. The molecule has 0 saturated heterocycles. The minimum absolute atomic E-state index is 0.0512. The monoisotopic (exact) mass is 352 g/mol. The van der Waals surface area contributed by atoms with E-state index >= 15 is 0 Å². The Bertz CT molecular complexity index is 920. The van der Waals surface area contributed by atoms with Crippen molar-refractivity contribution in [2.75, 3.05) is 5.32 Å². The van der Waals surface area contributed by atoms with Gasteiger partial charge < -0.3 is 10.6 Å². The van der Waals surface area contributed by atoms with Crippen LogP contribution in [0.5, 0.6) is 0 Å². The molecule has 2 amide bonds. The molecule has 0 unspecified atom stereocenters. The van der Waals surface area contributed by atoms with Crippen molar-refractivity contribution < 1.29 is 22.4 Å². The van der Waals surface area contributed by atoms with Crippen LogP contribution in [0.1, 0.15) is 11.1 Å². The first-order valence-electron chi connectivity index (χ1n) is 7.17. The van der Waals surface area contributed by atoms with Gasteiger partial charge >= 0.3 is 12.2 Å². The van der Waals surface area contributed by atoms with Gasteiger partial charge in [-0.25, -0.2) is 9.18 Å². The van der Waals surface area contributed by atoms with Gasteiger partial charge in [-0.1, -0.05) is 12.1 Å². The number of fused-ring (bicyclic) bond motifs is 1. The molecule has 0 saturated carbocycles. The molecule has 1 aromatic heterocycles. The van der Waals surface area contributed by atoms with Crippen molar-refractivity contribution in [2.45, 2.75) is 12.7 Å². The maximum absolute atomic E-state index is 13.7. The van der Waals surface area contributed by atoms with Crippen LogP contribution in [0.3, 0.4) is 0 Å². The van der Waals surface area contributed by atoms with Gasteiger partial charge in [0.1, 0.15) is 5.82 Å². The Morgan fingerprint density at radius 1 is 1.20 bits per heavy atom. The number of carbonyl (C=O) groups excluding carboxylic acids is 1. The van der Waals surface area contributed by atoms with E-state index < -0.39 is 23.6 Å². The van der Waals surface area contributed by atoms with Crippen molar-refractivity contribution in [1.29, 1.82) is 0 Å². The number of halogens is 4. The summed E-state index contributed by atoms with van der Waals surface area (Å²) in [6.45, 7) is -0.253. The Hall–Kier alpha value is -3.10. The number of aromatic nitrogens is 2. The van der Waals surface area contributed by atoms with E-state index in [0.29, 0.717) is 17.1 Å². The largest absolute Gasteiger partial charge is 0.416 e. The number of alkyl halides is 3. The van der Waals surface area contributed by atoms with Gasteiger partial charge in [0.15, 0.2) is 0 Å². The van der Waals surface area contributed by atoms with Crippen LogP contribution in [-0.2, 0) is 12.7 Å². The number of hydrogen-bond donors (Lipinski definition) is 3. The van der Waals surface area contributed by atoms with Gasteiger partial charge in [0.25, 0.3) is 0 Å². The number of H-pyrrole nitrogens is 1. The number of amides is 2. The third-order valence-corrected chi connectivity index (χ3v) is 3.55. The first-order chi connectivity index (χ1) is 11.8. The molecule has 130 valence electrons. The second-order valence-corrected chi connectivity index (χ2v) is 5.25. The zero-order valence-corrected chi connectivity index (χ0v) is 12.6. The molecule has 3 rings (SSSR count). The van der Waals surface area contributed by atoms with Crippen LogP contribution in [0.25, 0.3) is 10.9 Å². The Labute approximate surface area is 139 Å². The van der Waals surface area contributed by atoms with Crippen LogP contribution in [0.4, 0.5) is 28.0 Å². The summed E-state index contributed by atoms with van der Waals surface area (Å²) < 4.78 is 51.2. The number of urea groups is 1. The molecule has 2 aromatic carbocycles. The number of nitrogens with zero attached hydrogens (tertiary/aromatic N) is 1. The number of anilines is 1. The molecule has 3 aromatic rings. The predicted molar refractivity (Wildman–Crippen MR) is 83.4 cm³/mol. The third kappa shape index (κ3) is 3.70. The molecule has 0 spiro atoms. The fraction of sp³-hybridized carbons (Fsp3) is 0.125. The van der Waals surface area contributed by atoms with Crippen LogP contribution in [0, 0.1) is 5.82 Å². The summed E-state index contributed by atoms with van der Waals surface area (Å²) in [5.74, 6) is -1.04. The molecule has 0 aliphatic heterocycles. The second-order valence-electron chi connectivity index (χ2n) is 5.25. The number of hydrogen-bond acceptors (Lipinski definition) is 2. The number of carbonyl (C=O) groups is 1. The van der Waals surface area contributed by atoms with E-state index in [1.54, 1.807) is 24.4 Å². The average Bonchev–Trinajstić information content (AvgIpc) is 3.02. The topological polar surface area (TPSA) is 69.8 Å². The fourth-order valence-electron chi connectivity index (χ4n) is 2.29. The Morgan fingerprint density at radius 3 is 2.72 bits per heavy atom. The highest BCUT2D eigenvalue weighted by Crippen LogP contribution is 2.30. The smallest absolute Gasteiger partial charge is 0.334 e. The molecule has 5 nitrogen and oxygen atoms in total. The summed E-state index contributed by atoms with van der Waals surface area (Å²) in [5, 5.41) is 12.3. The van der Waals surface area contributed by atoms with Crippen molar-refractivity contribution >= 4 is 22.6 Å². The molecule has 1 heterocycles. The molecule has 0 atom stereocenters. The number of rotatable bonds is 3. The van der Waals surface area contributed by atoms with Gasteiger partial charge in [-0.2, -0.15) is 18.3 Å². The van der Waals surface area contributed by atoms with Crippen molar-refractivity contribution in [3.8, 4) is 0 Å². The van der Waals surface area contributed by atoms with Crippen molar-refractivity contribution in [3.05, 3.63) is 59.5 Å². The lowest BCUT2D eigenvalue weighted by Crippen LogP contribution is -2.28. The molecular formula is C16H12F4N4O. The molecular weight excluding hydrogens is 340 g/mol. The van der Waals surface area contributed by atoms with Crippen LogP contribution >= 0.6 is 0 Å². The first kappa shape index (κ1) is 16.7. The van der Waals surface area contributed by atoms with E-state index in [1.807, 2.05) is 0 Å². The summed E-state index contributed by atoms with van der Waals surface area (Å²) in [6, 6.07) is 6.71. The first-order valence-corrected chi connectivity index (χ1v) is 7.17. The minimum atomic E-state index is -4.62. The molecule has 0 radical (unpaired) electrons. The third-order valence-electron chi connectivity index (χ3n) is 3.55. The van der Waals surface area contributed by atoms with Crippen LogP contribution in [-0.4, -0.2) is 16.2 Å². The highest BCUT2D eigenvalue weighted by Gasteiger charge is 2.31. The van der Waals surface area contributed by atoms with E-state index in [4.69, 9.17) is 0 Å². The molecule has 3 N–H and O–H groups in total. The standard InChI is InChI=1S/C16H12F4N4O/c17-12-6-10(16(18,19)20)5-4-9(12)7-21-15(25)23-13-2-1-3-14-11(13)8-22-24-14/h1-6,8H,7H2,(H,22,24)(H2,21,23,25). The normalized spacial score (nSPS) is 11.5. The quantitative estimate of drug-likeness (QED) is 0.623. The second kappa shape index (κ2) is 6.42. The Kier molecular flexibility index (Phi) is 4.30. The molecule has 25 heavy (non-hydrogen) atoms. The summed E-state index contributed by atoms with van der Waals surface area (Å²) in [6.07, 6.45) is -3.08. The lowest BCUT2D eigenvalue weighted by atomic mass is 10.1. The van der Waals surface area contributed by atoms with E-state index in [0.717, 1.165) is 17.6 Å². The van der Waals surface area contributed by atoms with Crippen LogP contribution in [0.2, 0.25) is 0 Å². The van der Waals surface area contributed by atoms with E-state index in [1.165, 1.54) is 0 Å². The van der Waals surface area contributed by atoms with Crippen molar-refractivity contribution in [1.82, 2.24) is 15.5 Å². The molecule has 0 bridgehead atoms. The molecule has 0 aliphatic rings. The summed E-state index contributed by atoms with van der Waals surface area (Å²) in [5.41, 5.74) is 0.0951. The minimum Gasteiger partial charge on any atom is -0.334 e. The van der Waals surface area contributed by atoms with Gasteiger partial charge in [0.2, 0.25) is 0 Å². The van der Waals surface area contributed by atoms with Gasteiger partial charge in [0, 0.05) is 17.5 Å². The average molecular weight is 352 g/mol.